The number of carbonyl (C=O) groups excluding carboxylic acids is 1. The van der Waals surface area contributed by atoms with Crippen LogP contribution in [0.5, 0.6) is 0 Å². The first-order valence-corrected chi connectivity index (χ1v) is 5.78. The third-order valence-electron chi connectivity index (χ3n) is 2.58. The molecule has 0 aliphatic heterocycles. The molecule has 0 radical (unpaired) electrons. The number of aryl methyl sites for hydroxylation is 1. The van der Waals surface area contributed by atoms with Crippen LogP contribution in [0.3, 0.4) is 0 Å². The molecule has 1 aliphatic rings. The zero-order valence-electron chi connectivity index (χ0n) is 8.62. The minimum absolute atomic E-state index is 0.262. The molecule has 14 heavy (non-hydrogen) atoms. The van der Waals surface area contributed by atoms with Gasteiger partial charge in [-0.1, -0.05) is 0 Å². The van der Waals surface area contributed by atoms with Crippen LogP contribution in [0.25, 0.3) is 0 Å². The van der Waals surface area contributed by atoms with Crippen molar-refractivity contribution in [3.05, 3.63) is 21.9 Å². The number of likely N-dealkylation sites (N-methyl/N-ethyl adjacent to an activating group) is 1. The molecule has 0 bridgehead atoms. The van der Waals surface area contributed by atoms with Crippen LogP contribution in [0.2, 0.25) is 0 Å². The lowest BCUT2D eigenvalue weighted by molar-refractivity contribution is 0.0946. The number of rotatable bonds is 4. The molecule has 1 aromatic rings. The monoisotopic (exact) mass is 209 g/mol. The van der Waals surface area contributed by atoms with Crippen molar-refractivity contribution < 1.29 is 4.79 Å². The predicted molar refractivity (Wildman–Crippen MR) is 59.0 cm³/mol. The topological polar surface area (TPSA) is 20.3 Å². The zero-order chi connectivity index (χ0) is 10.1. The number of hydrogen-bond donors (Lipinski definition) is 0. The number of nitrogens with zero attached hydrogens (tertiary/aromatic N) is 1. The molecule has 0 unspecified atom stereocenters. The summed E-state index contributed by atoms with van der Waals surface area (Å²) in [7, 11) is 2.04. The van der Waals surface area contributed by atoms with Crippen LogP contribution < -0.4 is 0 Å². The summed E-state index contributed by atoms with van der Waals surface area (Å²) >= 11 is 1.59. The van der Waals surface area contributed by atoms with Crippen molar-refractivity contribution in [2.45, 2.75) is 25.8 Å². The molecule has 3 heteroatoms. The first-order chi connectivity index (χ1) is 6.66. The molecule has 1 saturated carbocycles. The number of ketones is 1. The Morgan fingerprint density at radius 2 is 2.29 bits per heavy atom. The lowest BCUT2D eigenvalue weighted by Gasteiger charge is -2.13. The van der Waals surface area contributed by atoms with Crippen LogP contribution >= 0.6 is 11.3 Å². The summed E-state index contributed by atoms with van der Waals surface area (Å²) in [5.74, 6) is 0.262. The van der Waals surface area contributed by atoms with E-state index in [2.05, 4.69) is 4.90 Å². The number of Topliss-reactive ketones (excluding diaryl/α,β-unsaturated/α-hetero) is 1. The van der Waals surface area contributed by atoms with E-state index in [4.69, 9.17) is 0 Å². The second kappa shape index (κ2) is 3.83. The normalized spacial score (nSPS) is 16.2. The van der Waals surface area contributed by atoms with Gasteiger partial charge < -0.3 is 0 Å². The Morgan fingerprint density at radius 3 is 2.79 bits per heavy atom. The van der Waals surface area contributed by atoms with E-state index < -0.39 is 0 Å². The highest BCUT2D eigenvalue weighted by molar-refractivity contribution is 7.14. The van der Waals surface area contributed by atoms with Crippen LogP contribution in [-0.2, 0) is 0 Å². The Labute approximate surface area is 88.5 Å². The van der Waals surface area contributed by atoms with Gasteiger partial charge in [-0.05, 0) is 38.9 Å². The molecular weight excluding hydrogens is 194 g/mol. The lowest BCUT2D eigenvalue weighted by atomic mass is 10.3. The van der Waals surface area contributed by atoms with Crippen LogP contribution in [0.4, 0.5) is 0 Å². The van der Waals surface area contributed by atoms with E-state index in [0.717, 1.165) is 4.88 Å². The molecule has 1 fully saturated rings. The Balaban J connectivity index is 1.94. The average Bonchev–Trinajstić information content (AvgIpc) is 2.89. The minimum atomic E-state index is 0.262. The molecule has 0 spiro atoms. The summed E-state index contributed by atoms with van der Waals surface area (Å²) in [4.78, 5) is 16.0. The van der Waals surface area contributed by atoms with Crippen molar-refractivity contribution in [1.82, 2.24) is 4.90 Å². The van der Waals surface area contributed by atoms with Crippen LogP contribution in [0, 0.1) is 6.92 Å². The summed E-state index contributed by atoms with van der Waals surface area (Å²) < 4.78 is 0. The molecule has 2 rings (SSSR count). The fourth-order valence-corrected chi connectivity index (χ4v) is 2.33. The molecule has 2 nitrogen and oxygen atoms in total. The Bertz CT molecular complexity index is 341. The quantitative estimate of drug-likeness (QED) is 0.709. The molecule has 1 aliphatic carbocycles. The van der Waals surface area contributed by atoms with E-state index in [-0.39, 0.29) is 5.78 Å². The van der Waals surface area contributed by atoms with Gasteiger partial charge >= 0.3 is 0 Å². The summed E-state index contributed by atoms with van der Waals surface area (Å²) in [6.07, 6.45) is 2.51. The van der Waals surface area contributed by atoms with Crippen LogP contribution in [0.1, 0.15) is 27.4 Å². The average molecular weight is 209 g/mol. The number of carbonyl (C=O) groups is 1. The Hall–Kier alpha value is -0.670. The Kier molecular flexibility index (Phi) is 2.70. The predicted octanol–water partition coefficient (Wildman–Crippen LogP) is 2.33. The van der Waals surface area contributed by atoms with E-state index >= 15 is 0 Å². The SMILES string of the molecule is Cc1ccc(C(=O)CN(C)C2CC2)s1. The lowest BCUT2D eigenvalue weighted by Crippen LogP contribution is -2.27. The maximum absolute atomic E-state index is 11.8. The van der Waals surface area contributed by atoms with E-state index in [1.165, 1.54) is 17.7 Å². The molecule has 76 valence electrons. The first-order valence-electron chi connectivity index (χ1n) is 4.96. The smallest absolute Gasteiger partial charge is 0.186 e. The largest absolute Gasteiger partial charge is 0.296 e. The maximum Gasteiger partial charge on any atom is 0.186 e. The second-order valence-corrected chi connectivity index (χ2v) is 5.27. The van der Waals surface area contributed by atoms with Crippen molar-refractivity contribution in [3.63, 3.8) is 0 Å². The highest BCUT2D eigenvalue weighted by Crippen LogP contribution is 2.25. The van der Waals surface area contributed by atoms with Crippen LogP contribution in [-0.4, -0.2) is 30.3 Å². The molecule has 0 aromatic carbocycles. The van der Waals surface area contributed by atoms with Crippen molar-refractivity contribution in [3.8, 4) is 0 Å². The van der Waals surface area contributed by atoms with Gasteiger partial charge in [0.2, 0.25) is 0 Å². The van der Waals surface area contributed by atoms with Gasteiger partial charge in [0.1, 0.15) is 0 Å². The van der Waals surface area contributed by atoms with Crippen molar-refractivity contribution >= 4 is 17.1 Å². The van der Waals surface area contributed by atoms with Gasteiger partial charge in [-0.25, -0.2) is 0 Å². The summed E-state index contributed by atoms with van der Waals surface area (Å²) in [6, 6.07) is 4.61. The van der Waals surface area contributed by atoms with E-state index in [9.17, 15) is 4.79 Å². The number of hydrogen-bond acceptors (Lipinski definition) is 3. The highest BCUT2D eigenvalue weighted by atomic mass is 32.1. The van der Waals surface area contributed by atoms with Gasteiger partial charge in [0.25, 0.3) is 0 Å². The number of thiophene rings is 1. The zero-order valence-corrected chi connectivity index (χ0v) is 9.43. The van der Waals surface area contributed by atoms with Gasteiger partial charge in [-0.2, -0.15) is 0 Å². The third-order valence-corrected chi connectivity index (χ3v) is 3.62. The van der Waals surface area contributed by atoms with Crippen molar-refractivity contribution in [2.24, 2.45) is 0 Å². The highest BCUT2D eigenvalue weighted by Gasteiger charge is 2.27. The van der Waals surface area contributed by atoms with E-state index in [1.54, 1.807) is 11.3 Å². The second-order valence-electron chi connectivity index (χ2n) is 3.98. The fraction of sp³-hybridized carbons (Fsp3) is 0.545. The van der Waals surface area contributed by atoms with Crippen molar-refractivity contribution in [2.75, 3.05) is 13.6 Å². The van der Waals surface area contributed by atoms with E-state index in [0.29, 0.717) is 12.6 Å². The standard InChI is InChI=1S/C11H15NOS/c1-8-3-6-11(14-8)10(13)7-12(2)9-4-5-9/h3,6,9H,4-5,7H2,1-2H3. The minimum Gasteiger partial charge on any atom is -0.296 e. The molecular formula is C11H15NOS. The molecule has 0 N–H and O–H groups in total. The van der Waals surface area contributed by atoms with Gasteiger partial charge in [-0.15, -0.1) is 11.3 Å². The summed E-state index contributed by atoms with van der Waals surface area (Å²) in [5.41, 5.74) is 0. The summed E-state index contributed by atoms with van der Waals surface area (Å²) in [6.45, 7) is 2.61. The van der Waals surface area contributed by atoms with Gasteiger partial charge in [0, 0.05) is 10.9 Å². The molecule has 1 aromatic heterocycles. The van der Waals surface area contributed by atoms with Gasteiger partial charge in [0.05, 0.1) is 11.4 Å². The molecule has 0 amide bonds. The van der Waals surface area contributed by atoms with Gasteiger partial charge in [0.15, 0.2) is 5.78 Å². The Morgan fingerprint density at radius 1 is 1.57 bits per heavy atom. The molecule has 0 saturated heterocycles. The fourth-order valence-electron chi connectivity index (χ4n) is 1.53. The van der Waals surface area contributed by atoms with Crippen LogP contribution in [0.15, 0.2) is 12.1 Å². The summed E-state index contributed by atoms with van der Waals surface area (Å²) in [5, 5.41) is 0. The van der Waals surface area contributed by atoms with Gasteiger partial charge in [-0.3, -0.25) is 9.69 Å². The van der Waals surface area contributed by atoms with Crippen molar-refractivity contribution in [1.29, 1.82) is 0 Å². The molecule has 1 heterocycles. The van der Waals surface area contributed by atoms with E-state index in [1.807, 2.05) is 26.1 Å². The maximum atomic E-state index is 11.8. The third kappa shape index (κ3) is 2.22. The molecule has 0 atom stereocenters. The first kappa shape index (κ1) is 9.87.